The lowest BCUT2D eigenvalue weighted by Gasteiger charge is -2.39. The van der Waals surface area contributed by atoms with Gasteiger partial charge < -0.3 is 9.64 Å². The lowest BCUT2D eigenvalue weighted by Crippen LogP contribution is -2.38. The molecule has 4 rings (SSSR count). The molecule has 1 aromatic carbocycles. The van der Waals surface area contributed by atoms with Gasteiger partial charge in [0.1, 0.15) is 4.60 Å². The summed E-state index contributed by atoms with van der Waals surface area (Å²) in [6.07, 6.45) is 0. The van der Waals surface area contributed by atoms with E-state index in [1.54, 1.807) is 0 Å². The van der Waals surface area contributed by atoms with Crippen LogP contribution in [-0.2, 0) is 4.74 Å². The lowest BCUT2D eigenvalue weighted by atomic mass is 9.83. The van der Waals surface area contributed by atoms with Gasteiger partial charge in [-0.1, -0.05) is 6.07 Å². The molecule has 124 valence electrons. The van der Waals surface area contributed by atoms with Crippen molar-refractivity contribution in [1.82, 2.24) is 15.1 Å². The van der Waals surface area contributed by atoms with Crippen LogP contribution in [-0.4, -0.2) is 34.9 Å². The maximum absolute atomic E-state index is 9.85. The maximum Gasteiger partial charge on any atom is 0.196 e. The number of ether oxygens (including phenoxy) is 1. The van der Waals surface area contributed by atoms with Crippen molar-refractivity contribution in [3.8, 4) is 6.07 Å². The molecule has 25 heavy (non-hydrogen) atoms. The number of morpholine rings is 1. The number of benzene rings is 1. The summed E-state index contributed by atoms with van der Waals surface area (Å²) in [5.41, 5.74) is 4.72. The van der Waals surface area contributed by atoms with E-state index in [-0.39, 0.29) is 5.92 Å². The van der Waals surface area contributed by atoms with Crippen LogP contribution in [0.4, 0.5) is 0 Å². The van der Waals surface area contributed by atoms with Gasteiger partial charge in [-0.2, -0.15) is 10.4 Å². The lowest BCUT2D eigenvalue weighted by molar-refractivity contribution is 0.0835. The first-order chi connectivity index (χ1) is 12.2. The first-order valence-electron chi connectivity index (χ1n) is 7.86. The van der Waals surface area contributed by atoms with E-state index in [0.717, 1.165) is 32.5 Å². The molecule has 1 unspecified atom stereocenters. The third kappa shape index (κ3) is 2.36. The second-order valence-electron chi connectivity index (χ2n) is 6.01. The highest BCUT2D eigenvalue weighted by Crippen LogP contribution is 2.43. The fourth-order valence-corrected chi connectivity index (χ4v) is 3.96. The predicted octanol–water partition coefficient (Wildman–Crippen LogP) is 3.68. The van der Waals surface area contributed by atoms with Crippen molar-refractivity contribution in [3.05, 3.63) is 62.4 Å². The Hall–Kier alpha value is -2.61. The monoisotopic (exact) mass is 395 g/mol. The summed E-state index contributed by atoms with van der Waals surface area (Å²) >= 11 is 3.46. The average molecular weight is 396 g/mol. The van der Waals surface area contributed by atoms with E-state index >= 15 is 0 Å². The van der Waals surface area contributed by atoms with E-state index < -0.39 is 0 Å². The zero-order valence-corrected chi connectivity index (χ0v) is 15.1. The summed E-state index contributed by atoms with van der Waals surface area (Å²) in [5.74, 6) is -0.373. The average Bonchev–Trinajstić information content (AvgIpc) is 3.02. The Morgan fingerprint density at radius 3 is 3.12 bits per heavy atom. The van der Waals surface area contributed by atoms with Crippen molar-refractivity contribution in [1.29, 1.82) is 5.26 Å². The van der Waals surface area contributed by atoms with E-state index in [4.69, 9.17) is 11.3 Å². The molecule has 0 spiro atoms. The molecule has 1 saturated heterocycles. The van der Waals surface area contributed by atoms with Crippen LogP contribution < -0.4 is 0 Å². The van der Waals surface area contributed by atoms with Crippen molar-refractivity contribution >= 4 is 26.8 Å². The van der Waals surface area contributed by atoms with Crippen LogP contribution in [0.15, 0.2) is 45.5 Å². The summed E-state index contributed by atoms with van der Waals surface area (Å²) in [6, 6.07) is 8.18. The maximum atomic E-state index is 9.85. The normalized spacial score (nSPS) is 20.5. The van der Waals surface area contributed by atoms with Gasteiger partial charge in [-0.15, -0.1) is 0 Å². The Morgan fingerprint density at radius 1 is 1.52 bits per heavy atom. The van der Waals surface area contributed by atoms with Gasteiger partial charge in [-0.05, 0) is 40.5 Å². The summed E-state index contributed by atoms with van der Waals surface area (Å²) in [6.45, 7) is 11.3. The first-order valence-corrected chi connectivity index (χ1v) is 8.65. The number of hydrogen-bond donors (Lipinski definition) is 1. The summed E-state index contributed by atoms with van der Waals surface area (Å²) in [4.78, 5) is 5.85. The molecule has 6 nitrogen and oxygen atoms in total. The smallest absolute Gasteiger partial charge is 0.196 e. The Balaban J connectivity index is 1.94. The number of H-pyrrole nitrogens is 1. The number of aromatic nitrogens is 2. The van der Waals surface area contributed by atoms with Gasteiger partial charge >= 0.3 is 0 Å². The van der Waals surface area contributed by atoms with Crippen molar-refractivity contribution < 1.29 is 4.74 Å². The van der Waals surface area contributed by atoms with Gasteiger partial charge in [-0.3, -0.25) is 5.10 Å². The predicted molar refractivity (Wildman–Crippen MR) is 96.0 cm³/mol. The number of allylic oxidation sites excluding steroid dienone is 2. The zero-order valence-electron chi connectivity index (χ0n) is 13.5. The second-order valence-corrected chi connectivity index (χ2v) is 6.80. The Morgan fingerprint density at radius 2 is 2.36 bits per heavy atom. The van der Waals surface area contributed by atoms with Crippen LogP contribution in [0.1, 0.15) is 18.4 Å². The van der Waals surface area contributed by atoms with Gasteiger partial charge in [0.25, 0.3) is 0 Å². The molecular weight excluding hydrogens is 382 g/mol. The molecule has 0 radical (unpaired) electrons. The summed E-state index contributed by atoms with van der Waals surface area (Å²) in [7, 11) is 0. The minimum absolute atomic E-state index is 0.373. The van der Waals surface area contributed by atoms with Crippen LogP contribution in [0.2, 0.25) is 0 Å². The largest absolute Gasteiger partial charge is 0.373 e. The van der Waals surface area contributed by atoms with E-state index in [1.165, 1.54) is 0 Å². The van der Waals surface area contributed by atoms with Crippen molar-refractivity contribution in [2.45, 2.75) is 12.8 Å². The molecule has 0 saturated carbocycles. The van der Waals surface area contributed by atoms with Crippen LogP contribution in [0.3, 0.4) is 0 Å². The summed E-state index contributed by atoms with van der Waals surface area (Å²) in [5, 5.41) is 17.9. The van der Waals surface area contributed by atoms with E-state index in [9.17, 15) is 5.26 Å². The van der Waals surface area contributed by atoms with E-state index in [0.29, 0.717) is 31.0 Å². The van der Waals surface area contributed by atoms with Crippen LogP contribution >= 0.6 is 15.9 Å². The summed E-state index contributed by atoms with van der Waals surface area (Å²) < 4.78 is 6.37. The molecule has 2 aliphatic heterocycles. The molecule has 3 heterocycles. The molecule has 0 aliphatic carbocycles. The van der Waals surface area contributed by atoms with Crippen molar-refractivity contribution in [2.24, 2.45) is 0 Å². The fraction of sp³-hybridized carbons (Fsp3) is 0.278. The zero-order chi connectivity index (χ0) is 17.6. The fourth-order valence-electron chi connectivity index (χ4n) is 3.56. The van der Waals surface area contributed by atoms with Crippen LogP contribution in [0.5, 0.6) is 0 Å². The number of rotatable bonds is 1. The van der Waals surface area contributed by atoms with Crippen LogP contribution in [0.25, 0.3) is 15.7 Å². The third-order valence-electron chi connectivity index (χ3n) is 4.78. The van der Waals surface area contributed by atoms with Crippen LogP contribution in [0, 0.1) is 17.9 Å². The highest BCUT2D eigenvalue weighted by atomic mass is 79.9. The molecule has 7 heteroatoms. The van der Waals surface area contributed by atoms with Gasteiger partial charge in [0.15, 0.2) is 5.70 Å². The Bertz CT molecular complexity index is 1020. The number of nitrogens with zero attached hydrogens (tertiary/aromatic N) is 4. The third-order valence-corrected chi connectivity index (χ3v) is 5.38. The number of nitriles is 1. The highest BCUT2D eigenvalue weighted by molar-refractivity contribution is 9.10. The molecule has 1 aromatic heterocycles. The number of hydrogen-bond acceptors (Lipinski definition) is 4. The van der Waals surface area contributed by atoms with Gasteiger partial charge in [0, 0.05) is 17.6 Å². The van der Waals surface area contributed by atoms with Gasteiger partial charge in [0.05, 0.1) is 48.6 Å². The molecule has 1 fully saturated rings. The number of nitrogens with one attached hydrogen (secondary N) is 1. The van der Waals surface area contributed by atoms with Crippen molar-refractivity contribution in [2.75, 3.05) is 19.8 Å². The second kappa shape index (κ2) is 6.03. The number of fused-ring (bicyclic) bond motifs is 2. The SMILES string of the molecule is [C-]#[N+]C1=C(C)N2CCOCC2=C(C#N)C1c1ccc2n[nH]c(Br)c2c1. The van der Waals surface area contributed by atoms with Crippen molar-refractivity contribution in [3.63, 3.8) is 0 Å². The molecule has 1 atom stereocenters. The van der Waals surface area contributed by atoms with E-state index in [2.05, 4.69) is 41.9 Å². The molecule has 2 aliphatic rings. The van der Waals surface area contributed by atoms with Gasteiger partial charge in [-0.25, -0.2) is 4.85 Å². The molecule has 1 N–H and O–H groups in total. The molecular formula is C18H14BrN5O. The van der Waals surface area contributed by atoms with E-state index in [1.807, 2.05) is 25.1 Å². The quantitative estimate of drug-likeness (QED) is 0.747. The minimum Gasteiger partial charge on any atom is -0.373 e. The number of halogens is 1. The Kier molecular flexibility index (Phi) is 3.84. The molecule has 2 aromatic rings. The molecule has 0 amide bonds. The first kappa shape index (κ1) is 15.9. The minimum atomic E-state index is -0.373. The topological polar surface area (TPSA) is 69.3 Å². The Labute approximate surface area is 153 Å². The standard InChI is InChI=1S/C18H14BrN5O/c1-10-17(21-2)16(13(8-20)15-9-25-6-5-24(10)15)11-3-4-14-12(7-11)18(19)23-22-14/h3-4,7,16H,5-6,9H2,1H3,(H,22,23). The highest BCUT2D eigenvalue weighted by Gasteiger charge is 2.36. The molecule has 0 bridgehead atoms. The van der Waals surface area contributed by atoms with Gasteiger partial charge in [0.2, 0.25) is 0 Å². The number of aromatic amines is 1.